The van der Waals surface area contributed by atoms with Gasteiger partial charge in [-0.3, -0.25) is 9.59 Å². The molecule has 6 nitrogen and oxygen atoms in total. The number of nitrogens with two attached hydrogens (primary N) is 1. The molecule has 0 radical (unpaired) electrons. The van der Waals surface area contributed by atoms with Gasteiger partial charge in [0, 0.05) is 18.5 Å². The minimum absolute atomic E-state index is 0.0239. The molecule has 4 saturated carbocycles. The summed E-state index contributed by atoms with van der Waals surface area (Å²) in [5.74, 6) is 0.162. The molecule has 0 saturated heterocycles. The molecular formula is C31H38N2O4. The van der Waals surface area contributed by atoms with Crippen LogP contribution in [0.4, 0.5) is 0 Å². The van der Waals surface area contributed by atoms with Crippen LogP contribution in [0.3, 0.4) is 0 Å². The predicted molar refractivity (Wildman–Crippen MR) is 143 cm³/mol. The van der Waals surface area contributed by atoms with Crippen molar-refractivity contribution in [1.82, 2.24) is 4.90 Å². The summed E-state index contributed by atoms with van der Waals surface area (Å²) in [6.07, 6.45) is 6.99. The number of aryl methyl sites for hydroxylation is 2. The van der Waals surface area contributed by atoms with E-state index in [0.717, 1.165) is 30.4 Å². The quantitative estimate of drug-likeness (QED) is 0.483. The van der Waals surface area contributed by atoms with Gasteiger partial charge in [0.2, 0.25) is 5.91 Å². The van der Waals surface area contributed by atoms with E-state index in [1.807, 2.05) is 12.1 Å². The number of amides is 2. The number of rotatable bonds is 9. The van der Waals surface area contributed by atoms with Crippen LogP contribution in [0.1, 0.15) is 72.9 Å². The molecule has 1 atom stereocenters. The van der Waals surface area contributed by atoms with Gasteiger partial charge in [-0.15, -0.1) is 0 Å². The van der Waals surface area contributed by atoms with Gasteiger partial charge in [-0.2, -0.15) is 0 Å². The molecule has 4 aliphatic carbocycles. The summed E-state index contributed by atoms with van der Waals surface area (Å²) in [4.78, 5) is 39.5. The largest absolute Gasteiger partial charge is 0.480 e. The highest BCUT2D eigenvalue weighted by Gasteiger charge is 2.52. The van der Waals surface area contributed by atoms with Crippen molar-refractivity contribution in [3.8, 4) is 11.1 Å². The molecule has 6 rings (SSSR count). The number of carbonyl (C=O) groups is 3. The van der Waals surface area contributed by atoms with E-state index in [1.165, 1.54) is 30.4 Å². The second kappa shape index (κ2) is 9.96. The second-order valence-corrected chi connectivity index (χ2v) is 12.2. The maximum Gasteiger partial charge on any atom is 0.326 e. The molecule has 4 aliphatic rings. The normalized spacial score (nSPS) is 26.6. The van der Waals surface area contributed by atoms with Crippen LogP contribution in [-0.4, -0.2) is 40.4 Å². The lowest BCUT2D eigenvalue weighted by Crippen LogP contribution is -2.55. The highest BCUT2D eigenvalue weighted by atomic mass is 16.4. The van der Waals surface area contributed by atoms with Crippen molar-refractivity contribution in [3.63, 3.8) is 0 Å². The molecule has 0 unspecified atom stereocenters. The molecule has 0 aliphatic heterocycles. The van der Waals surface area contributed by atoms with E-state index in [0.29, 0.717) is 29.9 Å². The van der Waals surface area contributed by atoms with E-state index >= 15 is 0 Å². The first-order chi connectivity index (χ1) is 17.6. The Balaban J connectivity index is 1.44. The van der Waals surface area contributed by atoms with Crippen molar-refractivity contribution in [2.75, 3.05) is 6.54 Å². The minimum atomic E-state index is -1.08. The van der Waals surface area contributed by atoms with Crippen LogP contribution >= 0.6 is 0 Å². The lowest BCUT2D eigenvalue weighted by Gasteiger charge is -2.58. The molecule has 4 bridgehead atoms. The van der Waals surface area contributed by atoms with E-state index in [2.05, 4.69) is 32.0 Å². The molecule has 3 N–H and O–H groups in total. The molecule has 6 heteroatoms. The first-order valence-electron chi connectivity index (χ1n) is 13.6. The number of nitrogens with zero attached hydrogens (tertiary/aromatic N) is 1. The molecule has 0 heterocycles. The van der Waals surface area contributed by atoms with Crippen molar-refractivity contribution < 1.29 is 19.5 Å². The number of hydrogen-bond donors (Lipinski definition) is 2. The van der Waals surface area contributed by atoms with Gasteiger partial charge in [0.15, 0.2) is 0 Å². The average Bonchev–Trinajstić information content (AvgIpc) is 2.81. The monoisotopic (exact) mass is 502 g/mol. The number of carboxylic acid groups (broad SMARTS) is 1. The third-order valence-electron chi connectivity index (χ3n) is 8.94. The van der Waals surface area contributed by atoms with Crippen LogP contribution in [0.2, 0.25) is 0 Å². The number of benzene rings is 2. The number of carbonyl (C=O) groups excluding carboxylic acids is 2. The third-order valence-corrected chi connectivity index (χ3v) is 8.94. The number of hydrogen-bond acceptors (Lipinski definition) is 3. The summed E-state index contributed by atoms with van der Waals surface area (Å²) in [6.45, 7) is 4.56. The van der Waals surface area contributed by atoms with Crippen LogP contribution in [0, 0.1) is 37.0 Å². The Labute approximate surface area is 219 Å². The zero-order chi connectivity index (χ0) is 26.3. The zero-order valence-corrected chi connectivity index (χ0v) is 21.9. The van der Waals surface area contributed by atoms with E-state index in [1.54, 1.807) is 17.0 Å². The SMILES string of the molecule is Cc1cc(C)cc(-c2ccc(C(=O)N(CC34CC5CC(CC(C5)C3)C4)[C@@H](CCC(N)=O)C(=O)O)cc2)c1. The standard InChI is InChI=1S/C31H38N2O4/c1-19-9-20(2)11-26(10-19)24-3-5-25(6-4-24)29(35)33(27(30(36)37)7-8-28(32)34)18-31-15-21-12-22(16-31)14-23(13-21)17-31/h3-6,9-11,21-23,27H,7-8,12-18H2,1-2H3,(H2,32,34)(H,36,37)/t21?,22?,23?,27-,31?/m0/s1. The third kappa shape index (κ3) is 5.43. The van der Waals surface area contributed by atoms with Crippen LogP contribution < -0.4 is 5.73 Å². The van der Waals surface area contributed by atoms with Crippen molar-refractivity contribution >= 4 is 17.8 Å². The smallest absolute Gasteiger partial charge is 0.326 e. The average molecular weight is 503 g/mol. The van der Waals surface area contributed by atoms with Crippen molar-refractivity contribution in [2.24, 2.45) is 28.9 Å². The number of aliphatic carboxylic acids is 1. The molecule has 0 spiro atoms. The molecule has 2 amide bonds. The van der Waals surface area contributed by atoms with Crippen LogP contribution in [0.15, 0.2) is 42.5 Å². The Morgan fingerprint density at radius 2 is 1.46 bits per heavy atom. The van der Waals surface area contributed by atoms with Gasteiger partial charge in [0.1, 0.15) is 6.04 Å². The van der Waals surface area contributed by atoms with Gasteiger partial charge in [-0.25, -0.2) is 4.79 Å². The van der Waals surface area contributed by atoms with E-state index in [-0.39, 0.29) is 24.2 Å². The van der Waals surface area contributed by atoms with E-state index in [4.69, 9.17) is 5.73 Å². The topological polar surface area (TPSA) is 101 Å². The summed E-state index contributed by atoms with van der Waals surface area (Å²) in [6, 6.07) is 12.8. The fraction of sp³-hybridized carbons (Fsp3) is 0.516. The molecule has 37 heavy (non-hydrogen) atoms. The number of carboxylic acids is 1. The molecule has 4 fully saturated rings. The Bertz CT molecular complexity index is 1150. The van der Waals surface area contributed by atoms with E-state index < -0.39 is 17.9 Å². The first kappa shape index (κ1) is 25.5. The van der Waals surface area contributed by atoms with Gasteiger partial charge < -0.3 is 15.7 Å². The van der Waals surface area contributed by atoms with Crippen LogP contribution in [0.5, 0.6) is 0 Å². The Hall–Kier alpha value is -3.15. The van der Waals surface area contributed by atoms with E-state index in [9.17, 15) is 19.5 Å². The summed E-state index contributed by atoms with van der Waals surface area (Å²) >= 11 is 0. The number of primary amides is 1. The fourth-order valence-electron chi connectivity index (χ4n) is 7.97. The summed E-state index contributed by atoms with van der Waals surface area (Å²) in [7, 11) is 0. The lowest BCUT2D eigenvalue weighted by molar-refractivity contribution is -0.144. The molecule has 2 aromatic carbocycles. The lowest BCUT2D eigenvalue weighted by atomic mass is 9.49. The molecular weight excluding hydrogens is 464 g/mol. The maximum absolute atomic E-state index is 14.0. The zero-order valence-electron chi connectivity index (χ0n) is 21.9. The molecule has 196 valence electrons. The highest BCUT2D eigenvalue weighted by molar-refractivity contribution is 5.97. The summed E-state index contributed by atoms with van der Waals surface area (Å²) < 4.78 is 0. The predicted octanol–water partition coefficient (Wildman–Crippen LogP) is 5.35. The van der Waals surface area contributed by atoms with Crippen LogP contribution in [-0.2, 0) is 9.59 Å². The fourth-order valence-corrected chi connectivity index (χ4v) is 7.97. The van der Waals surface area contributed by atoms with Gasteiger partial charge >= 0.3 is 5.97 Å². The van der Waals surface area contributed by atoms with Gasteiger partial charge in [-0.05, 0) is 105 Å². The molecule has 0 aromatic heterocycles. The summed E-state index contributed by atoms with van der Waals surface area (Å²) in [5.41, 5.74) is 10.3. The van der Waals surface area contributed by atoms with Gasteiger partial charge in [0.05, 0.1) is 0 Å². The van der Waals surface area contributed by atoms with Gasteiger partial charge in [0.25, 0.3) is 5.91 Å². The molecule has 2 aromatic rings. The summed E-state index contributed by atoms with van der Waals surface area (Å²) in [5, 5.41) is 10.2. The Morgan fingerprint density at radius 3 is 1.95 bits per heavy atom. The Kier molecular flexibility index (Phi) is 6.86. The van der Waals surface area contributed by atoms with Crippen molar-refractivity contribution in [2.45, 2.75) is 71.3 Å². The van der Waals surface area contributed by atoms with Crippen molar-refractivity contribution in [1.29, 1.82) is 0 Å². The van der Waals surface area contributed by atoms with Crippen LogP contribution in [0.25, 0.3) is 11.1 Å². The first-order valence-corrected chi connectivity index (χ1v) is 13.6. The highest BCUT2D eigenvalue weighted by Crippen LogP contribution is 2.60. The second-order valence-electron chi connectivity index (χ2n) is 12.2. The Morgan fingerprint density at radius 1 is 0.919 bits per heavy atom. The van der Waals surface area contributed by atoms with Crippen molar-refractivity contribution in [3.05, 3.63) is 59.2 Å². The van der Waals surface area contributed by atoms with Gasteiger partial charge in [-0.1, -0.05) is 41.5 Å². The minimum Gasteiger partial charge on any atom is -0.480 e. The maximum atomic E-state index is 14.0.